The number of rotatable bonds is 46. The summed E-state index contributed by atoms with van der Waals surface area (Å²) in [7, 11) is -4.62. The number of aliphatic hydroxyl groups excluding tert-OH is 2. The van der Waals surface area contributed by atoms with Gasteiger partial charge in [0.05, 0.1) is 19.8 Å². The van der Waals surface area contributed by atoms with E-state index in [1.807, 2.05) is 0 Å². The molecule has 0 rings (SSSR count). The summed E-state index contributed by atoms with van der Waals surface area (Å²) < 4.78 is 32.8. The molecule has 11 heteroatoms. The Morgan fingerprint density at radius 1 is 0.508 bits per heavy atom. The molecule has 0 aliphatic heterocycles. The van der Waals surface area contributed by atoms with Crippen molar-refractivity contribution >= 4 is 19.8 Å². The average molecular weight is 859 g/mol. The standard InChI is InChI=1S/C48H91O10P/c1-3-5-7-9-11-13-15-17-19-20-21-22-23-24-26-28-30-32-34-36-38-40-48(52)58-46(44-57-59(53,54)56-42-45(50)41-49)43-55-47(51)39-37-35-33-31-29-27-25-18-16-14-12-10-8-6-4-2/h15,17,20-21,45-46,49-50H,3-14,16,18-19,22-44H2,1-2H3,(H,53,54)/b17-15-,21-20-. The number of hydrogen-bond donors (Lipinski definition) is 3. The van der Waals surface area contributed by atoms with Crippen molar-refractivity contribution in [3.05, 3.63) is 24.3 Å². The van der Waals surface area contributed by atoms with E-state index in [1.165, 1.54) is 141 Å². The second-order valence-corrected chi connectivity index (χ2v) is 17.9. The van der Waals surface area contributed by atoms with E-state index < -0.39 is 51.8 Å². The average Bonchev–Trinajstić information content (AvgIpc) is 3.22. The van der Waals surface area contributed by atoms with Gasteiger partial charge in [0.25, 0.3) is 0 Å². The van der Waals surface area contributed by atoms with Crippen LogP contribution in [0.5, 0.6) is 0 Å². The maximum absolute atomic E-state index is 12.7. The fraction of sp³-hybridized carbons (Fsp3) is 0.875. The second-order valence-electron chi connectivity index (χ2n) is 16.5. The first kappa shape index (κ1) is 57.4. The normalized spacial score (nSPS) is 13.9. The van der Waals surface area contributed by atoms with Gasteiger partial charge in [-0.05, 0) is 44.9 Å². The van der Waals surface area contributed by atoms with Gasteiger partial charge in [0.15, 0.2) is 6.10 Å². The molecule has 0 aromatic carbocycles. The number of unbranched alkanes of at least 4 members (excludes halogenated alkanes) is 28. The number of carbonyl (C=O) groups is 2. The molecule has 0 aromatic heterocycles. The number of aliphatic hydroxyl groups is 2. The summed E-state index contributed by atoms with van der Waals surface area (Å²) in [5, 5.41) is 18.4. The number of carbonyl (C=O) groups excluding carboxylic acids is 2. The fourth-order valence-corrected chi connectivity index (χ4v) is 7.64. The maximum Gasteiger partial charge on any atom is 0.472 e. The van der Waals surface area contributed by atoms with Gasteiger partial charge in [0.1, 0.15) is 12.7 Å². The van der Waals surface area contributed by atoms with Gasteiger partial charge in [0.2, 0.25) is 0 Å². The number of phosphoric ester groups is 1. The van der Waals surface area contributed by atoms with E-state index in [2.05, 4.69) is 38.2 Å². The predicted octanol–water partition coefficient (Wildman–Crippen LogP) is 13.3. The molecule has 0 aliphatic carbocycles. The van der Waals surface area contributed by atoms with Crippen molar-refractivity contribution in [2.75, 3.05) is 26.4 Å². The zero-order chi connectivity index (χ0) is 43.3. The highest BCUT2D eigenvalue weighted by atomic mass is 31.2. The number of phosphoric acid groups is 1. The lowest BCUT2D eigenvalue weighted by Gasteiger charge is -2.20. The quantitative estimate of drug-likeness (QED) is 0.0234. The molecule has 0 aromatic rings. The minimum Gasteiger partial charge on any atom is -0.462 e. The van der Waals surface area contributed by atoms with Crippen LogP contribution in [0.4, 0.5) is 0 Å². The van der Waals surface area contributed by atoms with E-state index in [0.29, 0.717) is 12.8 Å². The van der Waals surface area contributed by atoms with Crippen LogP contribution in [0.3, 0.4) is 0 Å². The van der Waals surface area contributed by atoms with Crippen LogP contribution in [-0.2, 0) is 32.7 Å². The zero-order valence-electron chi connectivity index (χ0n) is 38.0. The van der Waals surface area contributed by atoms with Gasteiger partial charge in [0, 0.05) is 12.8 Å². The van der Waals surface area contributed by atoms with Crippen LogP contribution >= 0.6 is 7.82 Å². The molecule has 0 aliphatic rings. The number of ether oxygens (including phenoxy) is 2. The Hall–Kier alpha value is -1.55. The van der Waals surface area contributed by atoms with Gasteiger partial charge >= 0.3 is 19.8 Å². The summed E-state index contributed by atoms with van der Waals surface area (Å²) in [4.78, 5) is 35.1. The first-order chi connectivity index (χ1) is 28.7. The van der Waals surface area contributed by atoms with Crippen molar-refractivity contribution in [1.29, 1.82) is 0 Å². The first-order valence-corrected chi connectivity index (χ1v) is 25.8. The Morgan fingerprint density at radius 3 is 1.31 bits per heavy atom. The van der Waals surface area contributed by atoms with Gasteiger partial charge in [-0.15, -0.1) is 0 Å². The summed E-state index contributed by atoms with van der Waals surface area (Å²) in [6, 6.07) is 0. The molecule has 0 radical (unpaired) electrons. The van der Waals surface area contributed by atoms with Crippen LogP contribution in [0.1, 0.15) is 232 Å². The van der Waals surface area contributed by atoms with Crippen molar-refractivity contribution < 1.29 is 47.8 Å². The highest BCUT2D eigenvalue weighted by molar-refractivity contribution is 7.47. The monoisotopic (exact) mass is 859 g/mol. The molecule has 0 fully saturated rings. The molecule has 3 N–H and O–H groups in total. The third-order valence-electron chi connectivity index (χ3n) is 10.6. The molecule has 59 heavy (non-hydrogen) atoms. The van der Waals surface area contributed by atoms with E-state index in [1.54, 1.807) is 0 Å². The van der Waals surface area contributed by atoms with Crippen LogP contribution in [0.15, 0.2) is 24.3 Å². The third kappa shape index (κ3) is 44.3. The largest absolute Gasteiger partial charge is 0.472 e. The van der Waals surface area contributed by atoms with Crippen molar-refractivity contribution in [1.82, 2.24) is 0 Å². The minimum atomic E-state index is -4.62. The molecule has 0 bridgehead atoms. The molecular weight excluding hydrogens is 767 g/mol. The van der Waals surface area contributed by atoms with E-state index >= 15 is 0 Å². The van der Waals surface area contributed by atoms with Crippen molar-refractivity contribution in [3.63, 3.8) is 0 Å². The maximum atomic E-state index is 12.7. The van der Waals surface area contributed by atoms with Gasteiger partial charge in [-0.3, -0.25) is 18.6 Å². The molecule has 0 spiro atoms. The summed E-state index contributed by atoms with van der Waals surface area (Å²) in [5.74, 6) is -0.918. The van der Waals surface area contributed by atoms with Crippen LogP contribution in [0, 0.1) is 0 Å². The highest BCUT2D eigenvalue weighted by Gasteiger charge is 2.27. The lowest BCUT2D eigenvalue weighted by Crippen LogP contribution is -2.29. The van der Waals surface area contributed by atoms with E-state index in [9.17, 15) is 24.2 Å². The van der Waals surface area contributed by atoms with Crippen LogP contribution in [-0.4, -0.2) is 65.7 Å². The number of hydrogen-bond acceptors (Lipinski definition) is 9. The fourth-order valence-electron chi connectivity index (χ4n) is 6.85. The van der Waals surface area contributed by atoms with Gasteiger partial charge in [-0.1, -0.05) is 199 Å². The Balaban J connectivity index is 4.20. The lowest BCUT2D eigenvalue weighted by molar-refractivity contribution is -0.161. The highest BCUT2D eigenvalue weighted by Crippen LogP contribution is 2.43. The smallest absolute Gasteiger partial charge is 0.462 e. The summed E-state index contributed by atoms with van der Waals surface area (Å²) in [5.41, 5.74) is 0. The molecule has 0 amide bonds. The van der Waals surface area contributed by atoms with E-state index in [0.717, 1.165) is 51.4 Å². The molecule has 348 valence electrons. The van der Waals surface area contributed by atoms with Crippen molar-refractivity contribution in [3.8, 4) is 0 Å². The molecule has 10 nitrogen and oxygen atoms in total. The summed E-state index contributed by atoms with van der Waals surface area (Å²) in [6.45, 7) is 2.40. The zero-order valence-corrected chi connectivity index (χ0v) is 38.9. The Bertz CT molecular complexity index is 1040. The first-order valence-electron chi connectivity index (χ1n) is 24.3. The van der Waals surface area contributed by atoms with Gasteiger partial charge < -0.3 is 24.6 Å². The summed E-state index contributed by atoms with van der Waals surface area (Å²) in [6.07, 6.45) is 45.7. The van der Waals surface area contributed by atoms with Crippen molar-refractivity contribution in [2.24, 2.45) is 0 Å². The molecular formula is C48H91O10P. The predicted molar refractivity (Wildman–Crippen MR) is 242 cm³/mol. The minimum absolute atomic E-state index is 0.182. The molecule has 0 saturated heterocycles. The van der Waals surface area contributed by atoms with Crippen LogP contribution in [0.2, 0.25) is 0 Å². The lowest BCUT2D eigenvalue weighted by atomic mass is 10.0. The molecule has 3 unspecified atom stereocenters. The van der Waals surface area contributed by atoms with Gasteiger partial charge in [-0.25, -0.2) is 4.57 Å². The SMILES string of the molecule is CCCCCCC/C=C\C/C=C\CCCCCCCCCCCC(=O)OC(COC(=O)CCCCCCCCCCCCCCCCC)COP(=O)(O)OCC(O)CO. The Kier molecular flexibility index (Phi) is 43.3. The molecule has 3 atom stereocenters. The Morgan fingerprint density at radius 2 is 0.881 bits per heavy atom. The van der Waals surface area contributed by atoms with Crippen LogP contribution in [0.25, 0.3) is 0 Å². The second kappa shape index (κ2) is 44.5. The number of allylic oxidation sites excluding steroid dienone is 4. The molecule has 0 saturated carbocycles. The van der Waals surface area contributed by atoms with Crippen molar-refractivity contribution in [2.45, 2.75) is 244 Å². The third-order valence-corrected chi connectivity index (χ3v) is 11.6. The Labute approximate surface area is 361 Å². The topological polar surface area (TPSA) is 149 Å². The molecule has 0 heterocycles. The van der Waals surface area contributed by atoms with Crippen LogP contribution < -0.4 is 0 Å². The van der Waals surface area contributed by atoms with E-state index in [-0.39, 0.29) is 19.4 Å². The number of esters is 2. The van der Waals surface area contributed by atoms with Gasteiger partial charge in [-0.2, -0.15) is 0 Å². The van der Waals surface area contributed by atoms with E-state index in [4.69, 9.17) is 23.6 Å². The summed E-state index contributed by atoms with van der Waals surface area (Å²) >= 11 is 0.